The van der Waals surface area contributed by atoms with Gasteiger partial charge in [-0.2, -0.15) is 0 Å². The normalized spacial score (nSPS) is 16.7. The molecule has 3 aromatic rings. The van der Waals surface area contributed by atoms with Crippen molar-refractivity contribution in [2.75, 3.05) is 18.9 Å². The van der Waals surface area contributed by atoms with Gasteiger partial charge in [0.05, 0.1) is 35.1 Å². The highest BCUT2D eigenvalue weighted by Crippen LogP contribution is 2.42. The van der Waals surface area contributed by atoms with E-state index in [-0.39, 0.29) is 18.0 Å². The third-order valence-corrected chi connectivity index (χ3v) is 7.34. The first-order valence-corrected chi connectivity index (χ1v) is 12.8. The van der Waals surface area contributed by atoms with Gasteiger partial charge in [-0.1, -0.05) is 47.5 Å². The van der Waals surface area contributed by atoms with Crippen molar-refractivity contribution >= 4 is 35.2 Å². The zero-order valence-corrected chi connectivity index (χ0v) is 21.1. The SMILES string of the molecule is Nc1nc2c(c(-c3c(Cl)cc(Cl)cc3OCCN3Cc4ccccc4C3)n1)CN(C(=O)NC1CC1)C2. The molecule has 1 aliphatic carbocycles. The zero-order chi connectivity index (χ0) is 24.8. The van der Waals surface area contributed by atoms with Crippen molar-refractivity contribution in [2.45, 2.75) is 45.1 Å². The number of hydrogen-bond acceptors (Lipinski definition) is 6. The molecule has 3 heterocycles. The number of aromatic nitrogens is 2. The second-order valence-electron chi connectivity index (χ2n) is 9.52. The van der Waals surface area contributed by atoms with E-state index in [1.807, 2.05) is 0 Å². The molecule has 36 heavy (non-hydrogen) atoms. The largest absolute Gasteiger partial charge is 0.491 e. The molecule has 3 N–H and O–H groups in total. The minimum atomic E-state index is -0.106. The molecule has 1 aromatic heterocycles. The molecular weight excluding hydrogens is 499 g/mol. The van der Waals surface area contributed by atoms with Crippen LogP contribution in [0.3, 0.4) is 0 Å². The highest BCUT2D eigenvalue weighted by molar-refractivity contribution is 6.37. The smallest absolute Gasteiger partial charge is 0.318 e. The predicted molar refractivity (Wildman–Crippen MR) is 139 cm³/mol. The van der Waals surface area contributed by atoms with E-state index in [4.69, 9.17) is 33.7 Å². The lowest BCUT2D eigenvalue weighted by Crippen LogP contribution is -2.37. The van der Waals surface area contributed by atoms with E-state index in [2.05, 4.69) is 44.5 Å². The Morgan fingerprint density at radius 1 is 1.08 bits per heavy atom. The molecule has 8 nitrogen and oxygen atoms in total. The van der Waals surface area contributed by atoms with Crippen LogP contribution in [0.1, 0.15) is 35.2 Å². The van der Waals surface area contributed by atoms with Gasteiger partial charge in [-0.25, -0.2) is 14.8 Å². The summed E-state index contributed by atoms with van der Waals surface area (Å²) in [6.45, 7) is 3.74. The summed E-state index contributed by atoms with van der Waals surface area (Å²) in [5.41, 5.74) is 11.5. The summed E-state index contributed by atoms with van der Waals surface area (Å²) < 4.78 is 6.24. The van der Waals surface area contributed by atoms with Crippen molar-refractivity contribution in [1.29, 1.82) is 0 Å². The molecule has 10 heteroatoms. The Morgan fingerprint density at radius 2 is 1.83 bits per heavy atom. The van der Waals surface area contributed by atoms with Gasteiger partial charge in [-0.05, 0) is 36.1 Å². The number of nitrogens with zero attached hydrogens (tertiary/aromatic N) is 4. The van der Waals surface area contributed by atoms with Gasteiger partial charge in [0.25, 0.3) is 0 Å². The van der Waals surface area contributed by atoms with Crippen molar-refractivity contribution in [1.82, 2.24) is 25.1 Å². The van der Waals surface area contributed by atoms with Crippen LogP contribution in [0, 0.1) is 0 Å². The van der Waals surface area contributed by atoms with Crippen LogP contribution < -0.4 is 15.8 Å². The average molecular weight is 525 g/mol. The third kappa shape index (κ3) is 4.68. The molecule has 6 rings (SSSR count). The minimum Gasteiger partial charge on any atom is -0.491 e. The second-order valence-corrected chi connectivity index (χ2v) is 10.4. The van der Waals surface area contributed by atoms with Crippen molar-refractivity contribution in [3.63, 3.8) is 0 Å². The van der Waals surface area contributed by atoms with E-state index >= 15 is 0 Å². The van der Waals surface area contributed by atoms with E-state index in [1.54, 1.807) is 17.0 Å². The number of urea groups is 1. The Kier molecular flexibility index (Phi) is 6.11. The fourth-order valence-electron chi connectivity index (χ4n) is 4.86. The average Bonchev–Trinajstić information content (AvgIpc) is 3.38. The number of carbonyl (C=O) groups excluding carboxylic acids is 1. The monoisotopic (exact) mass is 524 g/mol. The summed E-state index contributed by atoms with van der Waals surface area (Å²) in [6.07, 6.45) is 2.05. The van der Waals surface area contributed by atoms with E-state index in [0.29, 0.717) is 46.7 Å². The number of ether oxygens (including phenoxy) is 1. The van der Waals surface area contributed by atoms with Crippen molar-refractivity contribution in [3.05, 3.63) is 68.8 Å². The number of rotatable bonds is 6. The maximum absolute atomic E-state index is 12.7. The molecule has 0 atom stereocenters. The zero-order valence-electron chi connectivity index (χ0n) is 19.6. The molecule has 0 saturated heterocycles. The summed E-state index contributed by atoms with van der Waals surface area (Å²) in [6, 6.07) is 12.1. The van der Waals surface area contributed by atoms with Crippen molar-refractivity contribution in [2.24, 2.45) is 0 Å². The second kappa shape index (κ2) is 9.42. The number of carbonyl (C=O) groups is 1. The molecule has 3 aliphatic rings. The van der Waals surface area contributed by atoms with Gasteiger partial charge in [0.1, 0.15) is 12.4 Å². The minimum absolute atomic E-state index is 0.106. The highest BCUT2D eigenvalue weighted by atomic mass is 35.5. The van der Waals surface area contributed by atoms with Gasteiger partial charge >= 0.3 is 6.03 Å². The Hall–Kier alpha value is -3.07. The summed E-state index contributed by atoms with van der Waals surface area (Å²) in [4.78, 5) is 25.7. The van der Waals surface area contributed by atoms with Crippen molar-refractivity contribution < 1.29 is 9.53 Å². The van der Waals surface area contributed by atoms with Crippen LogP contribution >= 0.6 is 23.2 Å². The molecule has 186 valence electrons. The van der Waals surface area contributed by atoms with Gasteiger partial charge in [0.15, 0.2) is 0 Å². The van der Waals surface area contributed by atoms with E-state index in [9.17, 15) is 4.79 Å². The standard InChI is InChI=1S/C26H26Cl2N6O2/c27-17-9-20(28)23(22(10-17)36-8-7-33-11-15-3-1-2-4-16(15)12-33)24-19-13-34(26(35)30-18-5-6-18)14-21(19)31-25(29)32-24/h1-4,9-10,18H,5-8,11-14H2,(H,30,35)(H2,29,31,32). The molecule has 2 aliphatic heterocycles. The van der Waals surface area contributed by atoms with Crippen LogP contribution in [0.15, 0.2) is 36.4 Å². The first-order valence-electron chi connectivity index (χ1n) is 12.1. The Bertz CT molecular complexity index is 1320. The Balaban J connectivity index is 1.24. The number of fused-ring (bicyclic) bond motifs is 2. The number of amides is 2. The molecule has 0 spiro atoms. The number of benzene rings is 2. The summed E-state index contributed by atoms with van der Waals surface area (Å²) >= 11 is 13.0. The summed E-state index contributed by atoms with van der Waals surface area (Å²) in [5, 5.41) is 3.91. The van der Waals surface area contributed by atoms with Gasteiger partial charge < -0.3 is 20.7 Å². The fraction of sp³-hybridized carbons (Fsp3) is 0.346. The maximum Gasteiger partial charge on any atom is 0.318 e. The molecule has 0 bridgehead atoms. The van der Waals surface area contributed by atoms with Gasteiger partial charge in [-0.3, -0.25) is 4.90 Å². The lowest BCUT2D eigenvalue weighted by molar-refractivity contribution is 0.197. The highest BCUT2D eigenvalue weighted by Gasteiger charge is 2.33. The van der Waals surface area contributed by atoms with Crippen molar-refractivity contribution in [3.8, 4) is 17.0 Å². The number of nitrogen functional groups attached to an aromatic ring is 1. The number of halogens is 2. The fourth-order valence-corrected chi connectivity index (χ4v) is 5.42. The van der Waals surface area contributed by atoms with Crippen LogP contribution in [0.25, 0.3) is 11.3 Å². The Labute approximate surface area is 219 Å². The van der Waals surface area contributed by atoms with Gasteiger partial charge in [0.2, 0.25) is 5.95 Å². The van der Waals surface area contributed by atoms with E-state index in [0.717, 1.165) is 43.7 Å². The van der Waals surface area contributed by atoms with Crippen LogP contribution in [-0.2, 0) is 26.2 Å². The van der Waals surface area contributed by atoms with Crippen LogP contribution in [0.5, 0.6) is 5.75 Å². The summed E-state index contributed by atoms with van der Waals surface area (Å²) in [5.74, 6) is 0.658. The molecule has 2 aromatic carbocycles. The molecule has 1 saturated carbocycles. The first kappa shape index (κ1) is 23.3. The predicted octanol–water partition coefficient (Wildman–Crippen LogP) is 4.61. The number of nitrogens with two attached hydrogens (primary N) is 1. The van der Waals surface area contributed by atoms with Crippen LogP contribution in [0.4, 0.5) is 10.7 Å². The topological polar surface area (TPSA) is 96.6 Å². The van der Waals surface area contributed by atoms with E-state index in [1.165, 1.54) is 11.1 Å². The van der Waals surface area contributed by atoms with Gasteiger partial charge in [-0.15, -0.1) is 0 Å². The quantitative estimate of drug-likeness (QED) is 0.488. The van der Waals surface area contributed by atoms with Crippen LogP contribution in [-0.4, -0.2) is 45.0 Å². The Morgan fingerprint density at radius 3 is 2.56 bits per heavy atom. The third-order valence-electron chi connectivity index (χ3n) is 6.82. The van der Waals surface area contributed by atoms with Gasteiger partial charge in [0, 0.05) is 36.3 Å². The lowest BCUT2D eigenvalue weighted by Gasteiger charge is -2.19. The molecular formula is C26H26Cl2N6O2. The molecule has 1 fully saturated rings. The molecule has 0 radical (unpaired) electrons. The maximum atomic E-state index is 12.7. The molecule has 2 amide bonds. The number of nitrogens with one attached hydrogen (secondary N) is 1. The number of anilines is 1. The first-order chi connectivity index (χ1) is 17.4. The lowest BCUT2D eigenvalue weighted by atomic mass is 10.0. The van der Waals surface area contributed by atoms with Crippen LogP contribution in [0.2, 0.25) is 10.0 Å². The summed E-state index contributed by atoms with van der Waals surface area (Å²) in [7, 11) is 0. The number of hydrogen-bond donors (Lipinski definition) is 2. The van der Waals surface area contributed by atoms with E-state index < -0.39 is 0 Å². The molecule has 0 unspecified atom stereocenters.